The normalized spacial score (nSPS) is 36.8. The number of hydrogen-bond acceptors (Lipinski definition) is 15. The molecule has 42 heavy (non-hydrogen) atoms. The van der Waals surface area contributed by atoms with E-state index in [1.165, 1.54) is 12.1 Å². The predicted octanol–water partition coefficient (Wildman–Crippen LogP) is -3.04. The average Bonchev–Trinajstić information content (AvgIpc) is 3.37. The molecule has 232 valence electrons. The van der Waals surface area contributed by atoms with Crippen molar-refractivity contribution >= 4 is 16.9 Å². The van der Waals surface area contributed by atoms with E-state index < -0.39 is 91.3 Å². The average molecular weight is 601 g/mol. The van der Waals surface area contributed by atoms with E-state index >= 15 is 0 Å². The Kier molecular flexibility index (Phi) is 8.23. The number of hydrogen-bond donors (Lipinski definition) is 8. The van der Waals surface area contributed by atoms with Gasteiger partial charge >= 0.3 is 11.6 Å². The highest BCUT2D eigenvalue weighted by atomic mass is 16.7. The van der Waals surface area contributed by atoms with Crippen LogP contribution in [0.2, 0.25) is 0 Å². The highest BCUT2D eigenvalue weighted by molar-refractivity contribution is 5.87. The summed E-state index contributed by atoms with van der Waals surface area (Å²) < 4.78 is 33.3. The molecule has 0 aliphatic carbocycles. The number of carbonyl (C=O) groups is 1. The molecule has 11 atom stereocenters. The van der Waals surface area contributed by atoms with E-state index in [0.717, 1.165) is 0 Å². The molecular formula is C26H32O16. The lowest BCUT2D eigenvalue weighted by atomic mass is 9.96. The number of aliphatic carboxylic acids is 1. The molecular weight excluding hydrogens is 568 g/mol. The second-order valence-corrected chi connectivity index (χ2v) is 11.0. The summed E-state index contributed by atoms with van der Waals surface area (Å²) in [7, 11) is 0. The van der Waals surface area contributed by atoms with Gasteiger partial charge < -0.3 is 69.0 Å². The SMILES string of the molecule is CC(C)(O)C1Cc2cc3ccc(=O)oc3c(OC3OC(COC4OC(C(=O)O)C(O)C(O)C4O)C(O)C(O)C3O)c2O1. The summed E-state index contributed by atoms with van der Waals surface area (Å²) in [4.78, 5) is 23.4. The maximum Gasteiger partial charge on any atom is 0.336 e. The second-order valence-electron chi connectivity index (χ2n) is 11.0. The molecule has 2 aromatic rings. The lowest BCUT2D eigenvalue weighted by molar-refractivity contribution is -0.318. The van der Waals surface area contributed by atoms with Gasteiger partial charge in [0.15, 0.2) is 23.7 Å². The van der Waals surface area contributed by atoms with Crippen molar-refractivity contribution in [1.29, 1.82) is 0 Å². The minimum absolute atomic E-state index is 0.0761. The first-order valence-corrected chi connectivity index (χ1v) is 13.1. The third-order valence-electron chi connectivity index (χ3n) is 7.49. The van der Waals surface area contributed by atoms with E-state index in [4.69, 9.17) is 28.1 Å². The molecule has 5 rings (SSSR count). The van der Waals surface area contributed by atoms with Gasteiger partial charge in [0, 0.05) is 23.4 Å². The van der Waals surface area contributed by atoms with E-state index in [9.17, 15) is 50.4 Å². The van der Waals surface area contributed by atoms with Crippen LogP contribution in [-0.4, -0.2) is 127 Å². The predicted molar refractivity (Wildman–Crippen MR) is 134 cm³/mol. The van der Waals surface area contributed by atoms with Crippen LogP contribution in [0.1, 0.15) is 19.4 Å². The van der Waals surface area contributed by atoms with Crippen LogP contribution in [0.15, 0.2) is 27.4 Å². The summed E-state index contributed by atoms with van der Waals surface area (Å²) in [5, 5.41) is 82.0. The molecule has 3 aliphatic rings. The number of fused-ring (bicyclic) bond motifs is 2. The van der Waals surface area contributed by atoms with E-state index in [1.807, 2.05) is 0 Å². The number of carboxylic acids is 1. The standard InChI is InChI=1S/C26H32O16/c1-26(2,36)11-6-9-5-8-3-4-12(27)40-19(8)22(20(9)39-11)42-25-18(33)14(29)13(28)10(38-25)7-37-24-17(32)15(30)16(31)21(41-24)23(34)35/h3-5,10-11,13-18,21,24-25,28-33,36H,6-7H2,1-2H3,(H,34,35). The van der Waals surface area contributed by atoms with Gasteiger partial charge in [-0.05, 0) is 26.0 Å². The maximum absolute atomic E-state index is 12.1. The van der Waals surface area contributed by atoms with Crippen molar-refractivity contribution in [2.45, 2.75) is 93.4 Å². The van der Waals surface area contributed by atoms with Crippen LogP contribution < -0.4 is 15.1 Å². The molecule has 0 bridgehead atoms. The van der Waals surface area contributed by atoms with Crippen molar-refractivity contribution in [3.05, 3.63) is 34.2 Å². The smallest absolute Gasteiger partial charge is 0.336 e. The fourth-order valence-corrected chi connectivity index (χ4v) is 5.03. The summed E-state index contributed by atoms with van der Waals surface area (Å²) in [5.74, 6) is -1.71. The van der Waals surface area contributed by atoms with Gasteiger partial charge in [-0.3, -0.25) is 0 Å². The van der Waals surface area contributed by atoms with Crippen molar-refractivity contribution in [2.24, 2.45) is 0 Å². The lowest BCUT2D eigenvalue weighted by Gasteiger charge is -2.42. The van der Waals surface area contributed by atoms with Crippen LogP contribution in [0.3, 0.4) is 0 Å². The monoisotopic (exact) mass is 600 g/mol. The number of aliphatic hydroxyl groups is 7. The van der Waals surface area contributed by atoms with Crippen LogP contribution >= 0.6 is 0 Å². The second kappa shape index (κ2) is 11.3. The molecule has 1 aromatic heterocycles. The zero-order valence-corrected chi connectivity index (χ0v) is 22.3. The molecule has 0 radical (unpaired) electrons. The number of carboxylic acid groups (broad SMARTS) is 1. The Labute approximate surface area is 236 Å². The van der Waals surface area contributed by atoms with E-state index in [1.54, 1.807) is 19.9 Å². The van der Waals surface area contributed by atoms with Crippen LogP contribution in [0.5, 0.6) is 11.5 Å². The minimum Gasteiger partial charge on any atom is -0.483 e. The van der Waals surface area contributed by atoms with Crippen LogP contribution in [0.25, 0.3) is 11.0 Å². The first-order valence-electron chi connectivity index (χ1n) is 13.1. The van der Waals surface area contributed by atoms with Crippen molar-refractivity contribution in [3.63, 3.8) is 0 Å². The van der Waals surface area contributed by atoms with Gasteiger partial charge in [0.25, 0.3) is 0 Å². The maximum atomic E-state index is 12.1. The Morgan fingerprint density at radius 2 is 1.62 bits per heavy atom. The first-order chi connectivity index (χ1) is 19.7. The third kappa shape index (κ3) is 5.58. The highest BCUT2D eigenvalue weighted by Gasteiger charge is 2.50. The van der Waals surface area contributed by atoms with Gasteiger partial charge in [-0.2, -0.15) is 0 Å². The van der Waals surface area contributed by atoms with Gasteiger partial charge in [0.1, 0.15) is 48.8 Å². The summed E-state index contributed by atoms with van der Waals surface area (Å²) in [6.45, 7) is 2.42. The van der Waals surface area contributed by atoms with Crippen LogP contribution in [0.4, 0.5) is 0 Å². The molecule has 3 aliphatic heterocycles. The van der Waals surface area contributed by atoms with Crippen molar-refractivity contribution in [1.82, 2.24) is 0 Å². The van der Waals surface area contributed by atoms with Gasteiger partial charge in [-0.15, -0.1) is 0 Å². The molecule has 8 N–H and O–H groups in total. The zero-order valence-electron chi connectivity index (χ0n) is 22.3. The summed E-state index contributed by atoms with van der Waals surface area (Å²) >= 11 is 0. The van der Waals surface area contributed by atoms with Crippen LogP contribution in [-0.2, 0) is 25.4 Å². The minimum atomic E-state index is -1.95. The van der Waals surface area contributed by atoms with Gasteiger partial charge in [-0.25, -0.2) is 9.59 Å². The van der Waals surface area contributed by atoms with Crippen molar-refractivity contribution < 1.29 is 73.7 Å². The highest BCUT2D eigenvalue weighted by Crippen LogP contribution is 2.46. The lowest BCUT2D eigenvalue weighted by Crippen LogP contribution is -2.62. The van der Waals surface area contributed by atoms with Crippen LogP contribution in [0, 0.1) is 0 Å². The number of aliphatic hydroxyl groups excluding tert-OH is 6. The van der Waals surface area contributed by atoms with Gasteiger partial charge in [-0.1, -0.05) is 0 Å². The number of rotatable bonds is 7. The molecule has 16 heteroatoms. The Morgan fingerprint density at radius 1 is 0.952 bits per heavy atom. The Morgan fingerprint density at radius 3 is 2.29 bits per heavy atom. The molecule has 0 spiro atoms. The number of benzene rings is 1. The van der Waals surface area contributed by atoms with E-state index in [0.29, 0.717) is 10.9 Å². The molecule has 0 amide bonds. The molecule has 2 fully saturated rings. The molecule has 2 saturated heterocycles. The zero-order chi connectivity index (χ0) is 30.7. The molecule has 4 heterocycles. The van der Waals surface area contributed by atoms with Gasteiger partial charge in [0.05, 0.1) is 12.2 Å². The quantitative estimate of drug-likeness (QED) is 0.147. The molecule has 1 aromatic carbocycles. The molecule has 16 nitrogen and oxygen atoms in total. The Bertz CT molecular complexity index is 1370. The fraction of sp³-hybridized carbons (Fsp3) is 0.615. The molecule has 0 saturated carbocycles. The fourth-order valence-electron chi connectivity index (χ4n) is 5.03. The molecule has 11 unspecified atom stereocenters. The Balaban J connectivity index is 1.40. The Hall–Kier alpha value is -2.90. The van der Waals surface area contributed by atoms with Gasteiger partial charge in [0.2, 0.25) is 12.0 Å². The summed E-state index contributed by atoms with van der Waals surface area (Å²) in [6, 6.07) is 4.35. The first kappa shape index (κ1) is 30.6. The topological polar surface area (TPSA) is 255 Å². The summed E-state index contributed by atoms with van der Waals surface area (Å²) in [6.07, 6.45) is -18.7. The van der Waals surface area contributed by atoms with Crippen molar-refractivity contribution in [2.75, 3.05) is 6.61 Å². The van der Waals surface area contributed by atoms with E-state index in [-0.39, 0.29) is 23.5 Å². The number of ether oxygens (including phenoxy) is 5. The van der Waals surface area contributed by atoms with Crippen molar-refractivity contribution in [3.8, 4) is 11.5 Å². The van der Waals surface area contributed by atoms with E-state index in [2.05, 4.69) is 0 Å². The third-order valence-corrected chi connectivity index (χ3v) is 7.49. The summed E-state index contributed by atoms with van der Waals surface area (Å²) in [5.41, 5.74) is -1.49. The largest absolute Gasteiger partial charge is 0.483 e.